The quantitative estimate of drug-likeness (QED) is 0.334. The molecule has 10 nitrogen and oxygen atoms in total. The van der Waals surface area contributed by atoms with Crippen LogP contribution in [-0.4, -0.2) is 43.9 Å². The first-order valence-electron chi connectivity index (χ1n) is 12.6. The molecule has 0 unspecified atom stereocenters. The molecule has 0 bridgehead atoms. The molecule has 0 radical (unpaired) electrons. The van der Waals surface area contributed by atoms with Crippen molar-refractivity contribution in [1.29, 1.82) is 0 Å². The molecule has 1 amide bonds. The summed E-state index contributed by atoms with van der Waals surface area (Å²) >= 11 is 0. The number of pyridine rings is 1. The summed E-state index contributed by atoms with van der Waals surface area (Å²) in [4.78, 5) is 25.3. The Kier molecular flexibility index (Phi) is 6.29. The zero-order valence-electron chi connectivity index (χ0n) is 21.3. The molecule has 39 heavy (non-hydrogen) atoms. The molecular weight excluding hydrogens is 508 g/mol. The highest BCUT2D eigenvalue weighted by Gasteiger charge is 2.33. The van der Waals surface area contributed by atoms with E-state index in [0.717, 1.165) is 24.1 Å². The van der Waals surface area contributed by atoms with Gasteiger partial charge < -0.3 is 20.1 Å². The standard InChI is InChI=1S/C27H25F2N7O3/c1-3-38-17-10-19(28)18(20(29)11-17)12-36-23(15-4-5-15)14(2)22(35-36)25-33-26(31-16-6-8-30-9-7-16)24-27(34-25)32-21(37)13-39-24/h6-11,15H,3-5,12-13H2,1-2H3,(H2,30,31,32,33,34,37). The van der Waals surface area contributed by atoms with E-state index >= 15 is 0 Å². The van der Waals surface area contributed by atoms with E-state index < -0.39 is 11.6 Å². The summed E-state index contributed by atoms with van der Waals surface area (Å²) in [5.41, 5.74) is 2.73. The average molecular weight is 534 g/mol. The lowest BCUT2D eigenvalue weighted by Crippen LogP contribution is -2.27. The van der Waals surface area contributed by atoms with E-state index in [4.69, 9.17) is 14.6 Å². The summed E-state index contributed by atoms with van der Waals surface area (Å²) in [6.45, 7) is 3.67. The van der Waals surface area contributed by atoms with Crippen LogP contribution >= 0.6 is 0 Å². The lowest BCUT2D eigenvalue weighted by Gasteiger charge is -2.20. The summed E-state index contributed by atoms with van der Waals surface area (Å²) in [7, 11) is 0. The third-order valence-electron chi connectivity index (χ3n) is 6.56. The topological polar surface area (TPSA) is 116 Å². The summed E-state index contributed by atoms with van der Waals surface area (Å²) < 4.78 is 42.4. The van der Waals surface area contributed by atoms with Crippen molar-refractivity contribution in [3.63, 3.8) is 0 Å². The Hall–Kier alpha value is -4.61. The fourth-order valence-electron chi connectivity index (χ4n) is 4.64. The van der Waals surface area contributed by atoms with E-state index in [2.05, 4.69) is 25.6 Å². The Bertz CT molecular complexity index is 1550. The summed E-state index contributed by atoms with van der Waals surface area (Å²) in [5.74, 6) is -0.316. The monoisotopic (exact) mass is 533 g/mol. The first-order valence-corrected chi connectivity index (χ1v) is 12.6. The second-order valence-electron chi connectivity index (χ2n) is 9.36. The van der Waals surface area contributed by atoms with Gasteiger partial charge in [-0.3, -0.25) is 14.5 Å². The maximum Gasteiger partial charge on any atom is 0.263 e. The van der Waals surface area contributed by atoms with Crippen LogP contribution in [0, 0.1) is 18.6 Å². The lowest BCUT2D eigenvalue weighted by molar-refractivity contribution is -0.118. The number of fused-ring (bicyclic) bond motifs is 1. The van der Waals surface area contributed by atoms with Crippen molar-refractivity contribution >= 4 is 23.2 Å². The van der Waals surface area contributed by atoms with Gasteiger partial charge in [0.2, 0.25) is 5.75 Å². The van der Waals surface area contributed by atoms with Crippen LogP contribution in [0.2, 0.25) is 0 Å². The van der Waals surface area contributed by atoms with Gasteiger partial charge in [0.1, 0.15) is 23.1 Å². The van der Waals surface area contributed by atoms with Gasteiger partial charge in [0.15, 0.2) is 24.1 Å². The number of carbonyl (C=O) groups is 1. The lowest BCUT2D eigenvalue weighted by atomic mass is 10.1. The summed E-state index contributed by atoms with van der Waals surface area (Å²) in [5, 5.41) is 10.6. The smallest absolute Gasteiger partial charge is 0.263 e. The number of ether oxygens (including phenoxy) is 2. The van der Waals surface area contributed by atoms with E-state index in [1.54, 1.807) is 36.1 Å². The minimum atomic E-state index is -0.705. The molecule has 1 fully saturated rings. The van der Waals surface area contributed by atoms with Crippen LogP contribution in [-0.2, 0) is 11.3 Å². The first-order chi connectivity index (χ1) is 18.9. The molecule has 12 heteroatoms. The molecule has 0 saturated heterocycles. The molecule has 200 valence electrons. The molecule has 6 rings (SSSR count). The number of carbonyl (C=O) groups excluding carboxylic acids is 1. The number of benzene rings is 1. The van der Waals surface area contributed by atoms with Crippen molar-refractivity contribution in [2.45, 2.75) is 39.2 Å². The minimum Gasteiger partial charge on any atom is -0.494 e. The predicted molar refractivity (Wildman–Crippen MR) is 138 cm³/mol. The van der Waals surface area contributed by atoms with Gasteiger partial charge in [0.05, 0.1) is 13.2 Å². The van der Waals surface area contributed by atoms with Crippen LogP contribution in [0.4, 0.5) is 26.1 Å². The Balaban J connectivity index is 1.43. The van der Waals surface area contributed by atoms with Crippen LogP contribution in [0.5, 0.6) is 11.5 Å². The van der Waals surface area contributed by atoms with Crippen molar-refractivity contribution in [2.75, 3.05) is 23.8 Å². The average Bonchev–Trinajstić information content (AvgIpc) is 3.69. The van der Waals surface area contributed by atoms with Crippen LogP contribution < -0.4 is 20.1 Å². The number of halogens is 2. The molecule has 4 aromatic rings. The SMILES string of the molecule is CCOc1cc(F)c(Cn2nc(-c3nc4c(c(Nc5ccncc5)n3)OCC(=O)N4)c(C)c2C2CC2)c(F)c1. The van der Waals surface area contributed by atoms with Crippen LogP contribution in [0.1, 0.15) is 42.5 Å². The Morgan fingerprint density at radius 3 is 2.62 bits per heavy atom. The highest BCUT2D eigenvalue weighted by atomic mass is 19.1. The second-order valence-corrected chi connectivity index (χ2v) is 9.36. The van der Waals surface area contributed by atoms with E-state index in [0.29, 0.717) is 29.6 Å². The van der Waals surface area contributed by atoms with E-state index in [9.17, 15) is 13.6 Å². The van der Waals surface area contributed by atoms with E-state index in [1.165, 1.54) is 12.1 Å². The second kappa shape index (κ2) is 9.93. The first kappa shape index (κ1) is 24.7. The van der Waals surface area contributed by atoms with Gasteiger partial charge in [-0.2, -0.15) is 5.10 Å². The minimum absolute atomic E-state index is 0.107. The normalized spacial score (nSPS) is 14.4. The van der Waals surface area contributed by atoms with Crippen LogP contribution in [0.3, 0.4) is 0 Å². The van der Waals surface area contributed by atoms with Gasteiger partial charge in [0.25, 0.3) is 5.91 Å². The molecule has 1 aliphatic heterocycles. The number of aromatic nitrogens is 5. The van der Waals surface area contributed by atoms with Crippen LogP contribution in [0.25, 0.3) is 11.5 Å². The van der Waals surface area contributed by atoms with Crippen molar-refractivity contribution in [2.24, 2.45) is 0 Å². The Morgan fingerprint density at radius 2 is 1.92 bits per heavy atom. The number of nitrogens with one attached hydrogen (secondary N) is 2. The molecule has 1 saturated carbocycles. The van der Waals surface area contributed by atoms with Gasteiger partial charge in [-0.1, -0.05) is 0 Å². The van der Waals surface area contributed by atoms with E-state index in [1.807, 2.05) is 6.92 Å². The number of amides is 1. The molecule has 2 aliphatic rings. The fourth-order valence-corrected chi connectivity index (χ4v) is 4.64. The van der Waals surface area contributed by atoms with Gasteiger partial charge in [-0.15, -0.1) is 0 Å². The maximum atomic E-state index is 14.9. The molecule has 0 atom stereocenters. The molecule has 2 N–H and O–H groups in total. The predicted octanol–water partition coefficient (Wildman–Crippen LogP) is 4.72. The third-order valence-corrected chi connectivity index (χ3v) is 6.56. The van der Waals surface area contributed by atoms with Crippen molar-refractivity contribution in [3.05, 3.63) is 65.1 Å². The maximum absolute atomic E-state index is 14.9. The Morgan fingerprint density at radius 1 is 1.18 bits per heavy atom. The molecule has 0 spiro atoms. The molecule has 1 aliphatic carbocycles. The molecule has 3 aromatic heterocycles. The zero-order valence-corrected chi connectivity index (χ0v) is 21.3. The number of anilines is 3. The highest BCUT2D eigenvalue weighted by molar-refractivity contribution is 5.96. The summed E-state index contributed by atoms with van der Waals surface area (Å²) in [6.07, 6.45) is 5.16. The zero-order chi connectivity index (χ0) is 27.1. The molecule has 1 aromatic carbocycles. The number of nitrogens with zero attached hydrogens (tertiary/aromatic N) is 5. The van der Waals surface area contributed by atoms with Gasteiger partial charge in [-0.25, -0.2) is 18.7 Å². The van der Waals surface area contributed by atoms with Gasteiger partial charge >= 0.3 is 0 Å². The molecule has 4 heterocycles. The summed E-state index contributed by atoms with van der Waals surface area (Å²) in [6, 6.07) is 5.89. The van der Waals surface area contributed by atoms with Crippen molar-refractivity contribution in [1.82, 2.24) is 24.7 Å². The van der Waals surface area contributed by atoms with Crippen molar-refractivity contribution < 1.29 is 23.0 Å². The third kappa shape index (κ3) is 4.85. The van der Waals surface area contributed by atoms with E-state index in [-0.39, 0.29) is 47.9 Å². The largest absolute Gasteiger partial charge is 0.494 e. The van der Waals surface area contributed by atoms with Crippen molar-refractivity contribution in [3.8, 4) is 23.0 Å². The van der Waals surface area contributed by atoms with Crippen LogP contribution in [0.15, 0.2) is 36.7 Å². The number of rotatable bonds is 8. The fraction of sp³-hybridized carbons (Fsp3) is 0.296. The van der Waals surface area contributed by atoms with Gasteiger partial charge in [0, 0.05) is 53.0 Å². The number of hydrogen-bond donors (Lipinski definition) is 2. The van der Waals surface area contributed by atoms with Gasteiger partial charge in [-0.05, 0) is 38.8 Å². The highest BCUT2D eigenvalue weighted by Crippen LogP contribution is 2.44. The molecular formula is C27H25F2N7O3. The Labute approximate surface area is 222 Å². The number of hydrogen-bond acceptors (Lipinski definition) is 8.